The lowest BCUT2D eigenvalue weighted by atomic mass is 10.0. The fourth-order valence-electron chi connectivity index (χ4n) is 2.29. The number of carboxylic acid groups (broad SMARTS) is 1. The highest BCUT2D eigenvalue weighted by atomic mass is 16.4. The molecule has 1 rings (SSSR count). The van der Waals surface area contributed by atoms with Gasteiger partial charge in [-0.2, -0.15) is 0 Å². The predicted molar refractivity (Wildman–Crippen MR) is 77.7 cm³/mol. The van der Waals surface area contributed by atoms with E-state index in [0.717, 1.165) is 0 Å². The van der Waals surface area contributed by atoms with E-state index in [1.165, 1.54) is 0 Å². The first-order valence-electron chi connectivity index (χ1n) is 7.21. The number of likely N-dealkylation sites (N-methyl/N-ethyl adjacent to an activating group) is 1. The van der Waals surface area contributed by atoms with Gasteiger partial charge in [0.1, 0.15) is 0 Å². The minimum atomic E-state index is -0.873. The molecule has 1 unspecified atom stereocenters. The Morgan fingerprint density at radius 3 is 2.14 bits per heavy atom. The van der Waals surface area contributed by atoms with Gasteiger partial charge in [0, 0.05) is 53.1 Å². The summed E-state index contributed by atoms with van der Waals surface area (Å²) in [5.74, 6) is -0.960. The Bertz CT molecular complexity index is 390. The number of carbonyl (C=O) groups is 3. The number of hydrogen-bond acceptors (Lipinski definition) is 4. The van der Waals surface area contributed by atoms with E-state index in [0.29, 0.717) is 32.7 Å². The van der Waals surface area contributed by atoms with Crippen molar-refractivity contribution >= 4 is 17.8 Å². The quantitative estimate of drug-likeness (QED) is 0.729. The number of carbonyl (C=O) groups excluding carboxylic acids is 2. The van der Waals surface area contributed by atoms with Gasteiger partial charge in [0.15, 0.2) is 0 Å². The maximum Gasteiger partial charge on any atom is 0.303 e. The molecule has 7 heteroatoms. The zero-order valence-electron chi connectivity index (χ0n) is 13.0. The summed E-state index contributed by atoms with van der Waals surface area (Å²) in [6, 6.07) is 0. The van der Waals surface area contributed by atoms with Crippen LogP contribution in [0.5, 0.6) is 0 Å². The number of aliphatic carboxylic acids is 1. The number of rotatable bonds is 6. The van der Waals surface area contributed by atoms with Crippen molar-refractivity contribution in [3.63, 3.8) is 0 Å². The van der Waals surface area contributed by atoms with Gasteiger partial charge in [-0.05, 0) is 5.92 Å². The standard InChI is InChI=1S/C14H25N3O4/c1-11(9-14(20)21)8-12(18)17-6-4-16(5-7-17)10-13(19)15(2)3/h11H,4-10H2,1-3H3,(H,20,21). The number of piperazine rings is 1. The molecule has 1 atom stereocenters. The fourth-order valence-corrected chi connectivity index (χ4v) is 2.29. The summed E-state index contributed by atoms with van der Waals surface area (Å²) in [6.45, 7) is 4.71. The van der Waals surface area contributed by atoms with E-state index in [9.17, 15) is 14.4 Å². The van der Waals surface area contributed by atoms with Gasteiger partial charge in [-0.1, -0.05) is 6.92 Å². The minimum absolute atomic E-state index is 0.00216. The van der Waals surface area contributed by atoms with Gasteiger partial charge in [0.05, 0.1) is 6.54 Å². The monoisotopic (exact) mass is 299 g/mol. The van der Waals surface area contributed by atoms with Gasteiger partial charge in [0.2, 0.25) is 11.8 Å². The number of hydrogen-bond donors (Lipinski definition) is 1. The summed E-state index contributed by atoms with van der Waals surface area (Å²) in [6.07, 6.45) is 0.284. The Balaban J connectivity index is 2.33. The first-order chi connectivity index (χ1) is 9.79. The van der Waals surface area contributed by atoms with Crippen molar-refractivity contribution in [1.29, 1.82) is 0 Å². The molecular formula is C14H25N3O4. The molecule has 21 heavy (non-hydrogen) atoms. The van der Waals surface area contributed by atoms with E-state index in [1.54, 1.807) is 30.8 Å². The summed E-state index contributed by atoms with van der Waals surface area (Å²) in [7, 11) is 3.46. The Kier molecular flexibility index (Phi) is 6.61. The molecule has 1 heterocycles. The lowest BCUT2D eigenvalue weighted by Gasteiger charge is -2.35. The van der Waals surface area contributed by atoms with Crippen molar-refractivity contribution in [2.24, 2.45) is 5.92 Å². The third-order valence-electron chi connectivity index (χ3n) is 3.63. The van der Waals surface area contributed by atoms with E-state index in [2.05, 4.69) is 0 Å². The van der Waals surface area contributed by atoms with Crippen LogP contribution in [0.4, 0.5) is 0 Å². The Labute approximate surface area is 125 Å². The smallest absolute Gasteiger partial charge is 0.303 e. The summed E-state index contributed by atoms with van der Waals surface area (Å²) in [5, 5.41) is 8.70. The Morgan fingerprint density at radius 2 is 1.67 bits per heavy atom. The van der Waals surface area contributed by atoms with Crippen LogP contribution in [-0.4, -0.2) is 84.4 Å². The number of nitrogens with zero attached hydrogens (tertiary/aromatic N) is 3. The molecule has 1 fully saturated rings. The molecule has 0 aromatic heterocycles. The molecule has 2 amide bonds. The lowest BCUT2D eigenvalue weighted by molar-refractivity contribution is -0.138. The molecule has 0 bridgehead atoms. The molecule has 0 radical (unpaired) electrons. The molecule has 1 saturated heterocycles. The van der Waals surface area contributed by atoms with Gasteiger partial charge in [-0.3, -0.25) is 19.3 Å². The second-order valence-electron chi connectivity index (χ2n) is 5.85. The van der Waals surface area contributed by atoms with Crippen LogP contribution >= 0.6 is 0 Å². The van der Waals surface area contributed by atoms with Gasteiger partial charge in [-0.15, -0.1) is 0 Å². The molecule has 0 aromatic rings. The average molecular weight is 299 g/mol. The first-order valence-corrected chi connectivity index (χ1v) is 7.21. The van der Waals surface area contributed by atoms with Crippen molar-refractivity contribution in [1.82, 2.24) is 14.7 Å². The number of carboxylic acids is 1. The third-order valence-corrected chi connectivity index (χ3v) is 3.63. The highest BCUT2D eigenvalue weighted by molar-refractivity contribution is 5.78. The van der Waals surface area contributed by atoms with Crippen LogP contribution in [0.15, 0.2) is 0 Å². The number of amides is 2. The van der Waals surface area contributed by atoms with Crippen LogP contribution in [0.1, 0.15) is 19.8 Å². The van der Waals surface area contributed by atoms with E-state index in [4.69, 9.17) is 5.11 Å². The van der Waals surface area contributed by atoms with Crippen LogP contribution in [0.2, 0.25) is 0 Å². The van der Waals surface area contributed by atoms with Crippen LogP contribution in [0.3, 0.4) is 0 Å². The van der Waals surface area contributed by atoms with Crippen molar-refractivity contribution in [3.8, 4) is 0 Å². The summed E-state index contributed by atoms with van der Waals surface area (Å²) >= 11 is 0. The average Bonchev–Trinajstić information content (AvgIpc) is 2.38. The summed E-state index contributed by atoms with van der Waals surface area (Å²) in [4.78, 5) is 39.6. The fraction of sp³-hybridized carbons (Fsp3) is 0.786. The van der Waals surface area contributed by atoms with Crippen LogP contribution in [0, 0.1) is 5.92 Å². The molecular weight excluding hydrogens is 274 g/mol. The zero-order chi connectivity index (χ0) is 16.0. The Hall–Kier alpha value is -1.63. The van der Waals surface area contributed by atoms with Crippen molar-refractivity contribution in [2.75, 3.05) is 46.8 Å². The molecule has 7 nitrogen and oxygen atoms in total. The summed E-state index contributed by atoms with van der Waals surface area (Å²) < 4.78 is 0. The molecule has 1 N–H and O–H groups in total. The van der Waals surface area contributed by atoms with Crippen LogP contribution in [-0.2, 0) is 14.4 Å². The Morgan fingerprint density at radius 1 is 1.10 bits per heavy atom. The predicted octanol–water partition coefficient (Wildman–Crippen LogP) is -0.280. The minimum Gasteiger partial charge on any atom is -0.481 e. The second-order valence-corrected chi connectivity index (χ2v) is 5.85. The molecule has 0 aromatic carbocycles. The summed E-state index contributed by atoms with van der Waals surface area (Å²) in [5.41, 5.74) is 0. The van der Waals surface area contributed by atoms with E-state index < -0.39 is 5.97 Å². The van der Waals surface area contributed by atoms with Gasteiger partial charge in [0.25, 0.3) is 0 Å². The maximum absolute atomic E-state index is 12.1. The van der Waals surface area contributed by atoms with E-state index in [-0.39, 0.29) is 30.6 Å². The molecule has 120 valence electrons. The van der Waals surface area contributed by atoms with Crippen molar-refractivity contribution in [3.05, 3.63) is 0 Å². The van der Waals surface area contributed by atoms with Crippen LogP contribution < -0.4 is 0 Å². The van der Waals surface area contributed by atoms with Gasteiger partial charge in [-0.25, -0.2) is 0 Å². The van der Waals surface area contributed by atoms with Gasteiger partial charge >= 0.3 is 5.97 Å². The largest absolute Gasteiger partial charge is 0.481 e. The third kappa shape index (κ3) is 6.12. The first kappa shape index (κ1) is 17.4. The van der Waals surface area contributed by atoms with E-state index in [1.807, 2.05) is 4.90 Å². The molecule has 0 aliphatic carbocycles. The lowest BCUT2D eigenvalue weighted by Crippen LogP contribution is -2.51. The van der Waals surface area contributed by atoms with Crippen molar-refractivity contribution < 1.29 is 19.5 Å². The normalized spacial score (nSPS) is 17.4. The zero-order valence-corrected chi connectivity index (χ0v) is 13.0. The SMILES string of the molecule is CC(CC(=O)O)CC(=O)N1CCN(CC(=O)N(C)C)CC1. The van der Waals surface area contributed by atoms with Gasteiger partial charge < -0.3 is 14.9 Å². The van der Waals surface area contributed by atoms with E-state index >= 15 is 0 Å². The molecule has 0 saturated carbocycles. The van der Waals surface area contributed by atoms with Crippen LogP contribution in [0.25, 0.3) is 0 Å². The highest BCUT2D eigenvalue weighted by Gasteiger charge is 2.24. The molecule has 0 spiro atoms. The molecule has 1 aliphatic heterocycles. The topological polar surface area (TPSA) is 81.2 Å². The highest BCUT2D eigenvalue weighted by Crippen LogP contribution is 2.12. The maximum atomic E-state index is 12.1. The van der Waals surface area contributed by atoms with Crippen molar-refractivity contribution in [2.45, 2.75) is 19.8 Å². The molecule has 1 aliphatic rings. The second kappa shape index (κ2) is 7.97.